The molecule has 0 aliphatic heterocycles. The van der Waals surface area contributed by atoms with Crippen LogP contribution in [0.1, 0.15) is 30.4 Å². The van der Waals surface area contributed by atoms with Gasteiger partial charge >= 0.3 is 0 Å². The van der Waals surface area contributed by atoms with Crippen LogP contribution in [0.2, 0.25) is 0 Å². The number of aliphatic hydroxyl groups excluding tert-OH is 1. The van der Waals surface area contributed by atoms with Crippen molar-refractivity contribution in [3.05, 3.63) is 5.82 Å². The molecule has 0 spiro atoms. The first-order valence-corrected chi connectivity index (χ1v) is 4.77. The molecule has 15 heavy (non-hydrogen) atoms. The van der Waals surface area contributed by atoms with Crippen molar-refractivity contribution in [1.82, 2.24) is 20.5 Å². The normalized spacial score (nSPS) is 12.4. The number of rotatable bonds is 5. The van der Waals surface area contributed by atoms with E-state index in [1.807, 2.05) is 6.92 Å². The zero-order valence-electron chi connectivity index (χ0n) is 8.53. The number of anilines is 1. The van der Waals surface area contributed by atoms with E-state index in [2.05, 4.69) is 20.5 Å². The Morgan fingerprint density at radius 3 is 3.00 bits per heavy atom. The average molecular weight is 213 g/mol. The van der Waals surface area contributed by atoms with Crippen LogP contribution in [0.5, 0.6) is 0 Å². The van der Waals surface area contributed by atoms with E-state index in [-0.39, 0.29) is 18.3 Å². The average Bonchev–Trinajstić information content (AvgIpc) is 2.62. The van der Waals surface area contributed by atoms with E-state index >= 15 is 0 Å². The molecule has 84 valence electrons. The van der Waals surface area contributed by atoms with Gasteiger partial charge in [-0.1, -0.05) is 13.3 Å². The second-order valence-corrected chi connectivity index (χ2v) is 3.19. The Balaban J connectivity index is 2.36. The minimum atomic E-state index is -0.529. The maximum absolute atomic E-state index is 11.4. The van der Waals surface area contributed by atoms with Crippen LogP contribution < -0.4 is 11.1 Å². The summed E-state index contributed by atoms with van der Waals surface area (Å²) in [6, 6.07) is 0. The molecule has 0 aliphatic rings. The van der Waals surface area contributed by atoms with E-state index in [4.69, 9.17) is 5.73 Å². The van der Waals surface area contributed by atoms with Crippen LogP contribution in [0.15, 0.2) is 0 Å². The lowest BCUT2D eigenvalue weighted by Crippen LogP contribution is -2.32. The highest BCUT2D eigenvalue weighted by atomic mass is 16.3. The van der Waals surface area contributed by atoms with E-state index < -0.39 is 12.0 Å². The van der Waals surface area contributed by atoms with Crippen LogP contribution in [-0.2, 0) is 0 Å². The largest absolute Gasteiger partial charge is 0.391 e. The standard InChI is InChI=1S/C8H15N5O2/c1-2-3-5(14)4-10-7(15)6-11-8(9)13-12-6/h5,14H,2-4H2,1H3,(H,10,15)(H3,9,11,12,13). The van der Waals surface area contributed by atoms with E-state index in [9.17, 15) is 9.90 Å². The third kappa shape index (κ3) is 3.55. The second kappa shape index (κ2) is 5.30. The highest BCUT2D eigenvalue weighted by Gasteiger charge is 2.11. The van der Waals surface area contributed by atoms with Crippen molar-refractivity contribution >= 4 is 11.9 Å². The number of aromatic amines is 1. The Morgan fingerprint density at radius 2 is 2.47 bits per heavy atom. The van der Waals surface area contributed by atoms with Gasteiger partial charge in [-0.25, -0.2) is 0 Å². The van der Waals surface area contributed by atoms with Gasteiger partial charge in [-0.3, -0.25) is 9.89 Å². The van der Waals surface area contributed by atoms with Crippen molar-refractivity contribution in [1.29, 1.82) is 0 Å². The third-order valence-electron chi connectivity index (χ3n) is 1.84. The molecule has 1 amide bonds. The van der Waals surface area contributed by atoms with E-state index in [0.717, 1.165) is 6.42 Å². The Morgan fingerprint density at radius 1 is 1.73 bits per heavy atom. The summed E-state index contributed by atoms with van der Waals surface area (Å²) < 4.78 is 0. The predicted molar refractivity (Wildman–Crippen MR) is 54.0 cm³/mol. The Labute approximate surface area is 87.1 Å². The number of nitrogens with zero attached hydrogens (tertiary/aromatic N) is 2. The smallest absolute Gasteiger partial charge is 0.288 e. The van der Waals surface area contributed by atoms with Crippen LogP contribution >= 0.6 is 0 Å². The summed E-state index contributed by atoms with van der Waals surface area (Å²) in [6.07, 6.45) is 0.990. The molecule has 1 heterocycles. The summed E-state index contributed by atoms with van der Waals surface area (Å²) in [4.78, 5) is 15.0. The molecule has 0 aromatic carbocycles. The number of carbonyl (C=O) groups is 1. The van der Waals surface area contributed by atoms with Crippen molar-refractivity contribution in [2.75, 3.05) is 12.3 Å². The minimum absolute atomic E-state index is 0.0225. The fourth-order valence-corrected chi connectivity index (χ4v) is 1.11. The fraction of sp³-hybridized carbons (Fsp3) is 0.625. The number of hydrogen-bond acceptors (Lipinski definition) is 5. The molecule has 0 radical (unpaired) electrons. The molecular weight excluding hydrogens is 198 g/mol. The molecule has 1 atom stereocenters. The summed E-state index contributed by atoms with van der Waals surface area (Å²) in [5, 5.41) is 17.8. The van der Waals surface area contributed by atoms with Crippen molar-refractivity contribution in [3.8, 4) is 0 Å². The molecular formula is C8H15N5O2. The van der Waals surface area contributed by atoms with Crippen molar-refractivity contribution in [2.24, 2.45) is 0 Å². The molecule has 1 rings (SSSR count). The molecule has 1 unspecified atom stereocenters. The van der Waals surface area contributed by atoms with Gasteiger partial charge in [0.05, 0.1) is 6.10 Å². The van der Waals surface area contributed by atoms with Crippen LogP contribution in [-0.4, -0.2) is 38.8 Å². The van der Waals surface area contributed by atoms with Gasteiger partial charge in [-0.05, 0) is 6.42 Å². The number of H-pyrrole nitrogens is 1. The quantitative estimate of drug-likeness (QED) is 0.515. The first-order chi connectivity index (χ1) is 7.13. The van der Waals surface area contributed by atoms with Crippen LogP contribution in [0, 0.1) is 0 Å². The second-order valence-electron chi connectivity index (χ2n) is 3.19. The van der Waals surface area contributed by atoms with Gasteiger partial charge in [0.2, 0.25) is 11.8 Å². The maximum atomic E-state index is 11.4. The topological polar surface area (TPSA) is 117 Å². The molecule has 0 bridgehead atoms. The molecule has 7 heteroatoms. The van der Waals surface area contributed by atoms with Crippen molar-refractivity contribution in [3.63, 3.8) is 0 Å². The first kappa shape index (κ1) is 11.4. The number of nitrogen functional groups attached to an aromatic ring is 1. The highest BCUT2D eigenvalue weighted by molar-refractivity contribution is 5.90. The molecule has 5 N–H and O–H groups in total. The number of aromatic nitrogens is 3. The van der Waals surface area contributed by atoms with E-state index in [1.54, 1.807) is 0 Å². The SMILES string of the molecule is CCCC(O)CNC(=O)c1nc(N)n[nH]1. The van der Waals surface area contributed by atoms with E-state index in [1.165, 1.54) is 0 Å². The molecule has 0 aliphatic carbocycles. The molecule has 1 aromatic heterocycles. The Bertz CT molecular complexity index is 325. The van der Waals surface area contributed by atoms with Gasteiger partial charge in [0.25, 0.3) is 5.91 Å². The van der Waals surface area contributed by atoms with Gasteiger partial charge in [0.15, 0.2) is 0 Å². The molecule has 0 saturated heterocycles. The first-order valence-electron chi connectivity index (χ1n) is 4.77. The van der Waals surface area contributed by atoms with Crippen molar-refractivity contribution < 1.29 is 9.90 Å². The number of nitrogens with one attached hydrogen (secondary N) is 2. The zero-order valence-corrected chi connectivity index (χ0v) is 8.53. The minimum Gasteiger partial charge on any atom is -0.391 e. The lowest BCUT2D eigenvalue weighted by atomic mass is 10.2. The highest BCUT2D eigenvalue weighted by Crippen LogP contribution is 1.96. The predicted octanol–water partition coefficient (Wildman–Crippen LogP) is -0.722. The molecule has 7 nitrogen and oxygen atoms in total. The van der Waals surface area contributed by atoms with Gasteiger partial charge in [-0.15, -0.1) is 5.10 Å². The number of carbonyl (C=O) groups excluding carboxylic acids is 1. The molecule has 1 aromatic rings. The number of nitrogens with two attached hydrogens (primary N) is 1. The maximum Gasteiger partial charge on any atom is 0.288 e. The van der Waals surface area contributed by atoms with Crippen molar-refractivity contribution in [2.45, 2.75) is 25.9 Å². The van der Waals surface area contributed by atoms with Crippen LogP contribution in [0.4, 0.5) is 5.95 Å². The van der Waals surface area contributed by atoms with Gasteiger partial charge in [0, 0.05) is 6.54 Å². The monoisotopic (exact) mass is 213 g/mol. The number of hydrogen-bond donors (Lipinski definition) is 4. The van der Waals surface area contributed by atoms with Gasteiger partial charge in [0.1, 0.15) is 0 Å². The van der Waals surface area contributed by atoms with Gasteiger partial charge < -0.3 is 16.2 Å². The molecule has 0 saturated carbocycles. The van der Waals surface area contributed by atoms with Crippen LogP contribution in [0.25, 0.3) is 0 Å². The molecule has 0 fully saturated rings. The summed E-state index contributed by atoms with van der Waals surface area (Å²) in [7, 11) is 0. The van der Waals surface area contributed by atoms with Crippen LogP contribution in [0.3, 0.4) is 0 Å². The summed E-state index contributed by atoms with van der Waals surface area (Å²) in [6.45, 7) is 2.16. The fourth-order valence-electron chi connectivity index (χ4n) is 1.11. The lowest BCUT2D eigenvalue weighted by molar-refractivity contribution is 0.0900. The summed E-state index contributed by atoms with van der Waals surface area (Å²) >= 11 is 0. The zero-order chi connectivity index (χ0) is 11.3. The Hall–Kier alpha value is -1.63. The van der Waals surface area contributed by atoms with Gasteiger partial charge in [-0.2, -0.15) is 4.98 Å². The third-order valence-corrected chi connectivity index (χ3v) is 1.84. The Kier molecular flexibility index (Phi) is 4.04. The summed E-state index contributed by atoms with van der Waals surface area (Å²) in [5.74, 6) is -0.347. The summed E-state index contributed by atoms with van der Waals surface area (Å²) in [5.41, 5.74) is 5.24. The lowest BCUT2D eigenvalue weighted by Gasteiger charge is -2.09. The number of aliphatic hydroxyl groups is 1. The number of amides is 1. The van der Waals surface area contributed by atoms with E-state index in [0.29, 0.717) is 6.42 Å².